The fourth-order valence-electron chi connectivity index (χ4n) is 4.06. The van der Waals surface area contributed by atoms with Gasteiger partial charge in [-0.3, -0.25) is 19.5 Å². The quantitative estimate of drug-likeness (QED) is 0.656. The topological polar surface area (TPSA) is 101 Å². The highest BCUT2D eigenvalue weighted by Crippen LogP contribution is 2.40. The van der Waals surface area contributed by atoms with E-state index >= 15 is 0 Å². The number of benzene rings is 2. The number of urea groups is 1. The third kappa shape index (κ3) is 2.76. The number of hydrogen-bond acceptors (Lipinski definition) is 5. The average Bonchev–Trinajstić information content (AvgIpc) is 2.99. The van der Waals surface area contributed by atoms with Gasteiger partial charge in [0.2, 0.25) is 5.91 Å². The average molecular weight is 402 g/mol. The Morgan fingerprint density at radius 3 is 2.90 bits per heavy atom. The predicted molar refractivity (Wildman–Crippen MR) is 109 cm³/mol. The summed E-state index contributed by atoms with van der Waals surface area (Å²) in [5.74, 6) is -0.350. The molecule has 4 amide bonds. The summed E-state index contributed by atoms with van der Waals surface area (Å²) in [4.78, 5) is 43.8. The SMILES string of the molecule is O=C(CN1C(=O)N[C@@]2(CCOc3ccccc32)C1=O)Nc1cccc2ncccc12. The van der Waals surface area contributed by atoms with Gasteiger partial charge < -0.3 is 15.4 Å². The maximum atomic E-state index is 13.3. The van der Waals surface area contributed by atoms with E-state index < -0.39 is 23.4 Å². The van der Waals surface area contributed by atoms with E-state index in [1.807, 2.05) is 18.2 Å². The molecule has 0 radical (unpaired) electrons. The number of amides is 4. The van der Waals surface area contributed by atoms with Crippen LogP contribution in [0.1, 0.15) is 12.0 Å². The molecule has 30 heavy (non-hydrogen) atoms. The van der Waals surface area contributed by atoms with Gasteiger partial charge in [-0.1, -0.05) is 24.3 Å². The molecule has 2 N–H and O–H groups in total. The summed E-state index contributed by atoms with van der Waals surface area (Å²) in [6.07, 6.45) is 1.98. The second-order valence-corrected chi connectivity index (χ2v) is 7.25. The van der Waals surface area contributed by atoms with Crippen molar-refractivity contribution in [2.45, 2.75) is 12.0 Å². The van der Waals surface area contributed by atoms with Gasteiger partial charge in [0.1, 0.15) is 12.3 Å². The van der Waals surface area contributed by atoms with Crippen molar-refractivity contribution in [2.75, 3.05) is 18.5 Å². The van der Waals surface area contributed by atoms with E-state index in [9.17, 15) is 14.4 Å². The van der Waals surface area contributed by atoms with Crippen molar-refractivity contribution in [3.05, 3.63) is 66.4 Å². The van der Waals surface area contributed by atoms with Crippen LogP contribution in [0.25, 0.3) is 10.9 Å². The third-order valence-electron chi connectivity index (χ3n) is 5.48. The minimum absolute atomic E-state index is 0.298. The molecule has 0 aliphatic carbocycles. The summed E-state index contributed by atoms with van der Waals surface area (Å²) in [7, 11) is 0. The van der Waals surface area contributed by atoms with Crippen LogP contribution in [0.15, 0.2) is 60.8 Å². The Labute approximate surface area is 171 Å². The number of anilines is 1. The maximum absolute atomic E-state index is 13.3. The fraction of sp³-hybridized carbons (Fsp3) is 0.182. The van der Waals surface area contributed by atoms with Crippen molar-refractivity contribution in [2.24, 2.45) is 0 Å². The van der Waals surface area contributed by atoms with Crippen LogP contribution in [0.4, 0.5) is 10.5 Å². The van der Waals surface area contributed by atoms with Gasteiger partial charge in [-0.15, -0.1) is 0 Å². The summed E-state index contributed by atoms with van der Waals surface area (Å²) < 4.78 is 5.62. The van der Waals surface area contributed by atoms with Crippen LogP contribution in [-0.4, -0.2) is 40.9 Å². The first kappa shape index (κ1) is 18.1. The first-order valence-corrected chi connectivity index (χ1v) is 9.58. The van der Waals surface area contributed by atoms with Gasteiger partial charge in [0.15, 0.2) is 5.54 Å². The summed E-state index contributed by atoms with van der Waals surface area (Å²) in [5.41, 5.74) is 0.722. The van der Waals surface area contributed by atoms with Gasteiger partial charge in [-0.2, -0.15) is 0 Å². The van der Waals surface area contributed by atoms with Crippen molar-refractivity contribution in [3.8, 4) is 5.75 Å². The summed E-state index contributed by atoms with van der Waals surface area (Å²) in [6, 6.07) is 15.5. The smallest absolute Gasteiger partial charge is 0.325 e. The minimum Gasteiger partial charge on any atom is -0.493 e. The molecule has 3 heterocycles. The zero-order valence-corrected chi connectivity index (χ0v) is 15.9. The highest BCUT2D eigenvalue weighted by molar-refractivity contribution is 6.11. The van der Waals surface area contributed by atoms with Crippen LogP contribution in [0.5, 0.6) is 5.75 Å². The molecular formula is C22H18N4O4. The lowest BCUT2D eigenvalue weighted by Crippen LogP contribution is -2.48. The molecule has 2 aromatic carbocycles. The Bertz CT molecular complexity index is 1190. The number of nitrogens with one attached hydrogen (secondary N) is 2. The van der Waals surface area contributed by atoms with Gasteiger partial charge in [0, 0.05) is 23.6 Å². The standard InChI is InChI=1S/C22H18N4O4/c27-19(24-17-8-3-7-16-14(17)5-4-11-23-16)13-26-20(28)22(25-21(26)29)10-12-30-18-9-2-1-6-15(18)22/h1-9,11H,10,12-13H2,(H,24,27)(H,25,29)/t22-/m1/s1. The van der Waals surface area contributed by atoms with Gasteiger partial charge in [0.05, 0.1) is 17.8 Å². The Morgan fingerprint density at radius 1 is 1.13 bits per heavy atom. The number of pyridine rings is 1. The number of hydrogen-bond donors (Lipinski definition) is 2. The number of para-hydroxylation sites is 1. The molecule has 3 aromatic rings. The highest BCUT2D eigenvalue weighted by atomic mass is 16.5. The molecule has 1 spiro atoms. The number of ether oxygens (including phenoxy) is 1. The number of carbonyl (C=O) groups is 3. The molecule has 0 bridgehead atoms. The molecular weight excluding hydrogens is 384 g/mol. The number of carbonyl (C=O) groups excluding carboxylic acids is 3. The molecule has 2 aliphatic heterocycles. The zero-order valence-electron chi connectivity index (χ0n) is 15.9. The summed E-state index contributed by atoms with van der Waals surface area (Å²) >= 11 is 0. The van der Waals surface area contributed by atoms with Crippen LogP contribution >= 0.6 is 0 Å². The monoisotopic (exact) mass is 402 g/mol. The van der Waals surface area contributed by atoms with Gasteiger partial charge >= 0.3 is 6.03 Å². The molecule has 8 nitrogen and oxygen atoms in total. The number of nitrogens with zero attached hydrogens (tertiary/aromatic N) is 2. The number of imide groups is 1. The highest BCUT2D eigenvalue weighted by Gasteiger charge is 2.55. The molecule has 1 aromatic heterocycles. The van der Waals surface area contributed by atoms with Crippen molar-refractivity contribution in [1.29, 1.82) is 0 Å². The number of fused-ring (bicyclic) bond motifs is 3. The molecule has 1 saturated heterocycles. The Hall–Kier alpha value is -3.94. The van der Waals surface area contributed by atoms with Crippen LogP contribution in [0.2, 0.25) is 0 Å². The number of aromatic nitrogens is 1. The van der Waals surface area contributed by atoms with Gasteiger partial charge in [-0.05, 0) is 30.3 Å². The fourth-order valence-corrected chi connectivity index (χ4v) is 4.06. The van der Waals surface area contributed by atoms with Crippen LogP contribution in [0.3, 0.4) is 0 Å². The van der Waals surface area contributed by atoms with Crippen LogP contribution < -0.4 is 15.4 Å². The molecule has 1 fully saturated rings. The van der Waals surface area contributed by atoms with E-state index in [1.54, 1.807) is 42.6 Å². The predicted octanol–water partition coefficient (Wildman–Crippen LogP) is 2.40. The second kappa shape index (κ2) is 6.84. The van der Waals surface area contributed by atoms with E-state index in [1.165, 1.54) is 0 Å². The Kier molecular flexibility index (Phi) is 4.13. The first-order chi connectivity index (χ1) is 14.6. The van der Waals surface area contributed by atoms with Crippen molar-refractivity contribution in [1.82, 2.24) is 15.2 Å². The van der Waals surface area contributed by atoms with E-state index in [0.717, 1.165) is 15.8 Å². The normalized spacial score (nSPS) is 20.1. The lowest BCUT2D eigenvalue weighted by molar-refractivity contribution is -0.135. The van der Waals surface area contributed by atoms with E-state index in [-0.39, 0.29) is 6.54 Å². The molecule has 1 atom stereocenters. The van der Waals surface area contributed by atoms with Crippen molar-refractivity contribution in [3.63, 3.8) is 0 Å². The maximum Gasteiger partial charge on any atom is 0.325 e. The lowest BCUT2D eigenvalue weighted by Gasteiger charge is -2.33. The number of rotatable bonds is 3. The lowest BCUT2D eigenvalue weighted by atomic mass is 9.84. The molecule has 150 valence electrons. The van der Waals surface area contributed by atoms with Crippen molar-refractivity contribution >= 4 is 34.4 Å². The molecule has 0 unspecified atom stereocenters. The van der Waals surface area contributed by atoms with Gasteiger partial charge in [0.25, 0.3) is 5.91 Å². The van der Waals surface area contributed by atoms with Gasteiger partial charge in [-0.25, -0.2) is 4.79 Å². The zero-order chi connectivity index (χ0) is 20.7. The second-order valence-electron chi connectivity index (χ2n) is 7.25. The van der Waals surface area contributed by atoms with Crippen LogP contribution in [0, 0.1) is 0 Å². The van der Waals surface area contributed by atoms with Crippen molar-refractivity contribution < 1.29 is 19.1 Å². The summed E-state index contributed by atoms with van der Waals surface area (Å²) in [5, 5.41) is 6.36. The summed E-state index contributed by atoms with van der Waals surface area (Å²) in [6.45, 7) is -0.0852. The molecule has 0 saturated carbocycles. The van der Waals surface area contributed by atoms with E-state index in [0.29, 0.717) is 30.0 Å². The van der Waals surface area contributed by atoms with E-state index in [2.05, 4.69) is 15.6 Å². The Morgan fingerprint density at radius 2 is 2.00 bits per heavy atom. The molecule has 5 rings (SSSR count). The minimum atomic E-state index is -1.20. The third-order valence-corrected chi connectivity index (χ3v) is 5.48. The molecule has 2 aliphatic rings. The molecule has 8 heteroatoms. The Balaban J connectivity index is 1.39. The first-order valence-electron chi connectivity index (χ1n) is 9.58. The largest absolute Gasteiger partial charge is 0.493 e. The van der Waals surface area contributed by atoms with Crippen LogP contribution in [-0.2, 0) is 15.1 Å². The van der Waals surface area contributed by atoms with E-state index in [4.69, 9.17) is 4.74 Å².